The van der Waals surface area contributed by atoms with Gasteiger partial charge in [-0.25, -0.2) is 4.79 Å². The monoisotopic (exact) mass is 291 g/mol. The van der Waals surface area contributed by atoms with Gasteiger partial charge in [-0.3, -0.25) is 5.41 Å². The maximum absolute atomic E-state index is 12.2. The number of hydrogen-bond donors (Lipinski definition) is 2. The lowest BCUT2D eigenvalue weighted by molar-refractivity contribution is -0.0481. The number of alkyl halides is 3. The van der Waals surface area contributed by atoms with Gasteiger partial charge in [0, 0.05) is 0 Å². The zero-order valence-electron chi connectivity index (χ0n) is 9.70. The van der Waals surface area contributed by atoms with Crippen LogP contribution in [0.4, 0.5) is 18.0 Å². The fraction of sp³-hybridized carbons (Fsp3) is 0.714. The van der Waals surface area contributed by atoms with Crippen LogP contribution in [0.15, 0.2) is 0 Å². The third kappa shape index (κ3) is 3.75. The summed E-state index contributed by atoms with van der Waals surface area (Å²) < 4.78 is 62.2. The average molecular weight is 291 g/mol. The van der Waals surface area contributed by atoms with Gasteiger partial charge in [0.1, 0.15) is 5.60 Å². The van der Waals surface area contributed by atoms with Crippen LogP contribution in [0.5, 0.6) is 0 Å². The van der Waals surface area contributed by atoms with Crippen molar-refractivity contribution in [2.75, 3.05) is 0 Å². The number of nitrogens with one attached hydrogen (secondary N) is 1. The zero-order chi connectivity index (χ0) is 14.9. The topological polar surface area (TPSA) is 114 Å². The Kier molecular flexibility index (Phi) is 4.24. The Hall–Kier alpha value is -1.52. The van der Waals surface area contributed by atoms with Crippen molar-refractivity contribution in [2.45, 2.75) is 31.9 Å². The van der Waals surface area contributed by atoms with E-state index < -0.39 is 37.5 Å². The number of amides is 1. The molecular formula is C7H12F3N3O4S. The van der Waals surface area contributed by atoms with Crippen molar-refractivity contribution in [3.8, 4) is 0 Å². The highest BCUT2D eigenvalue weighted by Gasteiger charge is 2.54. The molecule has 106 valence electrons. The fourth-order valence-electron chi connectivity index (χ4n) is 0.733. The van der Waals surface area contributed by atoms with E-state index in [1.165, 1.54) is 20.8 Å². The summed E-state index contributed by atoms with van der Waals surface area (Å²) in [5, 5.41) is 6.75. The number of carbonyl (C=O) groups excluding carboxylic acids is 1. The van der Waals surface area contributed by atoms with Crippen LogP contribution in [0.1, 0.15) is 20.8 Å². The molecule has 0 atom stereocenters. The Morgan fingerprint density at radius 2 is 1.67 bits per heavy atom. The van der Waals surface area contributed by atoms with Crippen LogP contribution in [-0.2, 0) is 14.8 Å². The molecule has 3 N–H and O–H groups in total. The first kappa shape index (κ1) is 16.5. The molecule has 7 nitrogen and oxygen atoms in total. The van der Waals surface area contributed by atoms with Crippen molar-refractivity contribution in [1.29, 1.82) is 5.41 Å². The standard InChI is InChI=1S/C7H12F3N3O4S/c1-6(2,3)17-5(14)13(4(11)12)18(15,16)7(8,9)10/h1-3H3,(H3,11,12). The quantitative estimate of drug-likeness (QED) is 0.552. The van der Waals surface area contributed by atoms with Crippen molar-refractivity contribution < 1.29 is 31.1 Å². The van der Waals surface area contributed by atoms with Crippen LogP contribution >= 0.6 is 0 Å². The van der Waals surface area contributed by atoms with Gasteiger partial charge in [-0.05, 0) is 20.8 Å². The molecule has 0 rings (SSSR count). The molecule has 0 aromatic heterocycles. The number of carbonyl (C=O) groups is 1. The minimum Gasteiger partial charge on any atom is -0.443 e. The summed E-state index contributed by atoms with van der Waals surface area (Å²) in [7, 11) is -6.10. The van der Waals surface area contributed by atoms with Gasteiger partial charge in [-0.2, -0.15) is 21.6 Å². The predicted molar refractivity (Wildman–Crippen MR) is 55.0 cm³/mol. The largest absolute Gasteiger partial charge is 0.517 e. The highest BCUT2D eigenvalue weighted by atomic mass is 32.2. The molecule has 0 aliphatic carbocycles. The fourth-order valence-corrected chi connectivity index (χ4v) is 1.43. The Bertz CT molecular complexity index is 452. The summed E-state index contributed by atoms with van der Waals surface area (Å²) in [5.74, 6) is -1.61. The van der Waals surface area contributed by atoms with Crippen LogP contribution in [-0.4, -0.2) is 35.9 Å². The number of halogens is 3. The molecular weight excluding hydrogens is 279 g/mol. The van der Waals surface area contributed by atoms with E-state index in [4.69, 9.17) is 5.41 Å². The molecule has 0 radical (unpaired) electrons. The highest BCUT2D eigenvalue weighted by molar-refractivity contribution is 7.91. The summed E-state index contributed by atoms with van der Waals surface area (Å²) in [6, 6.07) is 0. The molecule has 18 heavy (non-hydrogen) atoms. The van der Waals surface area contributed by atoms with E-state index in [1.807, 2.05) is 0 Å². The smallest absolute Gasteiger partial charge is 0.443 e. The van der Waals surface area contributed by atoms with Gasteiger partial charge in [0.25, 0.3) is 0 Å². The van der Waals surface area contributed by atoms with Crippen molar-refractivity contribution in [1.82, 2.24) is 4.31 Å². The van der Waals surface area contributed by atoms with Crippen LogP contribution in [0.3, 0.4) is 0 Å². The number of guanidine groups is 1. The molecule has 0 heterocycles. The lowest BCUT2D eigenvalue weighted by Crippen LogP contribution is -2.51. The summed E-state index contributed by atoms with van der Waals surface area (Å²) >= 11 is 0. The van der Waals surface area contributed by atoms with Gasteiger partial charge < -0.3 is 10.5 Å². The normalized spacial score (nSPS) is 13.0. The SMILES string of the molecule is CC(C)(C)OC(=O)N(C(=N)N)S(=O)(=O)C(F)(F)F. The number of nitrogens with zero attached hydrogens (tertiary/aromatic N) is 1. The molecule has 0 spiro atoms. The number of nitrogens with two attached hydrogens (primary N) is 1. The van der Waals surface area contributed by atoms with Crippen LogP contribution in [0.2, 0.25) is 0 Å². The third-order valence-corrected chi connectivity index (χ3v) is 2.72. The second-order valence-electron chi connectivity index (χ2n) is 4.08. The van der Waals surface area contributed by atoms with E-state index in [9.17, 15) is 26.4 Å². The first-order valence-corrected chi connectivity index (χ1v) is 5.83. The molecule has 0 unspecified atom stereocenters. The van der Waals surface area contributed by atoms with E-state index in [0.717, 1.165) is 0 Å². The van der Waals surface area contributed by atoms with Crippen molar-refractivity contribution >= 4 is 22.1 Å². The minimum absolute atomic E-state index is 0.946. The minimum atomic E-state index is -6.10. The van der Waals surface area contributed by atoms with E-state index >= 15 is 0 Å². The summed E-state index contributed by atoms with van der Waals surface area (Å²) in [6.07, 6.45) is -1.90. The van der Waals surface area contributed by atoms with Gasteiger partial charge >= 0.3 is 21.6 Å². The number of hydrogen-bond acceptors (Lipinski definition) is 5. The maximum atomic E-state index is 12.2. The van der Waals surface area contributed by atoms with Crippen molar-refractivity contribution in [2.24, 2.45) is 5.73 Å². The Morgan fingerprint density at radius 1 is 1.28 bits per heavy atom. The summed E-state index contributed by atoms with van der Waals surface area (Å²) in [4.78, 5) is 11.3. The molecule has 0 saturated carbocycles. The van der Waals surface area contributed by atoms with E-state index in [2.05, 4.69) is 10.5 Å². The molecule has 0 aliphatic heterocycles. The van der Waals surface area contributed by atoms with Crippen LogP contribution in [0.25, 0.3) is 0 Å². The van der Waals surface area contributed by atoms with Gasteiger partial charge in [0.15, 0.2) is 0 Å². The number of ether oxygens (including phenoxy) is 1. The first-order valence-electron chi connectivity index (χ1n) is 4.39. The van der Waals surface area contributed by atoms with Crippen LogP contribution in [0, 0.1) is 5.41 Å². The van der Waals surface area contributed by atoms with Crippen molar-refractivity contribution in [3.05, 3.63) is 0 Å². The third-order valence-electron chi connectivity index (χ3n) is 1.31. The van der Waals surface area contributed by atoms with Gasteiger partial charge in [-0.15, -0.1) is 4.31 Å². The molecule has 11 heteroatoms. The molecule has 0 bridgehead atoms. The molecule has 0 aromatic carbocycles. The van der Waals surface area contributed by atoms with E-state index in [0.29, 0.717) is 0 Å². The lowest BCUT2D eigenvalue weighted by Gasteiger charge is -2.26. The second kappa shape index (κ2) is 4.63. The lowest BCUT2D eigenvalue weighted by atomic mass is 10.2. The molecule has 0 aromatic rings. The Morgan fingerprint density at radius 3 is 1.89 bits per heavy atom. The Labute approximate surface area is 101 Å². The molecule has 0 fully saturated rings. The van der Waals surface area contributed by atoms with Gasteiger partial charge in [-0.1, -0.05) is 0 Å². The molecule has 1 amide bonds. The summed E-state index contributed by atoms with van der Waals surface area (Å²) in [5.41, 5.74) is -2.34. The highest BCUT2D eigenvalue weighted by Crippen LogP contribution is 2.27. The average Bonchev–Trinajstić information content (AvgIpc) is 1.94. The molecule has 0 saturated heterocycles. The van der Waals surface area contributed by atoms with E-state index in [1.54, 1.807) is 0 Å². The maximum Gasteiger partial charge on any atom is 0.517 e. The van der Waals surface area contributed by atoms with Crippen LogP contribution < -0.4 is 5.73 Å². The van der Waals surface area contributed by atoms with Gasteiger partial charge in [0.2, 0.25) is 5.96 Å². The van der Waals surface area contributed by atoms with Crippen molar-refractivity contribution in [3.63, 3.8) is 0 Å². The first-order chi connectivity index (χ1) is 7.70. The summed E-state index contributed by atoms with van der Waals surface area (Å²) in [6.45, 7) is 3.93. The Balaban J connectivity index is 5.51. The predicted octanol–water partition coefficient (Wildman–Crippen LogP) is 0.967. The zero-order valence-corrected chi connectivity index (χ0v) is 10.5. The van der Waals surface area contributed by atoms with Gasteiger partial charge in [0.05, 0.1) is 0 Å². The second-order valence-corrected chi connectivity index (χ2v) is 5.86. The number of rotatable bonds is 1. The molecule has 0 aliphatic rings. The van der Waals surface area contributed by atoms with E-state index in [-0.39, 0.29) is 0 Å². The number of sulfonamides is 1.